The summed E-state index contributed by atoms with van der Waals surface area (Å²) in [7, 11) is 1.34. The fourth-order valence-corrected chi connectivity index (χ4v) is 3.36. The molecule has 1 saturated carbocycles. The van der Waals surface area contributed by atoms with Crippen molar-refractivity contribution in [1.82, 2.24) is 5.32 Å². The van der Waals surface area contributed by atoms with E-state index in [0.717, 1.165) is 11.7 Å². The highest BCUT2D eigenvalue weighted by Gasteiger charge is 2.25. The minimum absolute atomic E-state index is 0.298. The van der Waals surface area contributed by atoms with Gasteiger partial charge in [0.1, 0.15) is 0 Å². The third kappa shape index (κ3) is 3.35. The van der Waals surface area contributed by atoms with E-state index < -0.39 is 10.8 Å². The predicted molar refractivity (Wildman–Crippen MR) is 63.0 cm³/mol. The Hall–Kier alpha value is 0.110. The van der Waals surface area contributed by atoms with Crippen molar-refractivity contribution in [3.05, 3.63) is 0 Å². The first-order valence-electron chi connectivity index (χ1n) is 5.69. The number of nitrogens with one attached hydrogen (secondary N) is 1. The maximum absolute atomic E-state index is 11.7. The molecule has 3 heteroatoms. The zero-order chi connectivity index (χ0) is 10.6. The summed E-state index contributed by atoms with van der Waals surface area (Å²) in [5, 5.41) is 3.64. The summed E-state index contributed by atoms with van der Waals surface area (Å²) < 4.78 is 11.7. The van der Waals surface area contributed by atoms with E-state index >= 15 is 0 Å². The standard InChI is InChI=1S/C11H23NOS/c1-9(2)14(13)8-11(12-3)10-6-4-5-7-10/h9-12H,4-8H2,1-3H3. The molecule has 2 nitrogen and oxygen atoms in total. The van der Waals surface area contributed by atoms with Crippen LogP contribution in [-0.4, -0.2) is 28.3 Å². The summed E-state index contributed by atoms with van der Waals surface area (Å²) in [4.78, 5) is 0. The predicted octanol–water partition coefficient (Wildman–Crippen LogP) is 1.92. The first-order chi connectivity index (χ1) is 6.65. The van der Waals surface area contributed by atoms with Crippen molar-refractivity contribution < 1.29 is 4.21 Å². The molecule has 0 aliphatic heterocycles. The number of hydrogen-bond acceptors (Lipinski definition) is 2. The van der Waals surface area contributed by atoms with Crippen LogP contribution in [0.2, 0.25) is 0 Å². The van der Waals surface area contributed by atoms with Crippen LogP contribution in [0.1, 0.15) is 39.5 Å². The van der Waals surface area contributed by atoms with Gasteiger partial charge in [-0.1, -0.05) is 26.7 Å². The van der Waals surface area contributed by atoms with Crippen molar-refractivity contribution in [2.75, 3.05) is 12.8 Å². The van der Waals surface area contributed by atoms with Gasteiger partial charge in [0.25, 0.3) is 0 Å². The van der Waals surface area contributed by atoms with E-state index in [9.17, 15) is 4.21 Å². The summed E-state index contributed by atoms with van der Waals surface area (Å²) in [6.07, 6.45) is 5.36. The van der Waals surface area contributed by atoms with Crippen molar-refractivity contribution in [3.63, 3.8) is 0 Å². The molecule has 2 atom stereocenters. The quantitative estimate of drug-likeness (QED) is 0.762. The molecule has 0 heterocycles. The molecule has 1 N–H and O–H groups in total. The van der Waals surface area contributed by atoms with Gasteiger partial charge in [-0.15, -0.1) is 0 Å². The molecule has 2 unspecified atom stereocenters. The van der Waals surface area contributed by atoms with E-state index in [4.69, 9.17) is 0 Å². The molecule has 1 aliphatic carbocycles. The Balaban J connectivity index is 2.41. The lowest BCUT2D eigenvalue weighted by Crippen LogP contribution is -2.38. The van der Waals surface area contributed by atoms with Gasteiger partial charge >= 0.3 is 0 Å². The normalized spacial score (nSPS) is 22.9. The lowest BCUT2D eigenvalue weighted by molar-refractivity contribution is 0.407. The lowest BCUT2D eigenvalue weighted by atomic mass is 10.0. The molecular formula is C11H23NOS. The smallest absolute Gasteiger partial charge is 0.0394 e. The molecule has 1 aliphatic rings. The Morgan fingerprint density at radius 3 is 2.36 bits per heavy atom. The van der Waals surface area contributed by atoms with Gasteiger partial charge in [0, 0.05) is 27.8 Å². The highest BCUT2D eigenvalue weighted by molar-refractivity contribution is 7.85. The molecule has 1 fully saturated rings. The van der Waals surface area contributed by atoms with Crippen LogP contribution in [0.4, 0.5) is 0 Å². The summed E-state index contributed by atoms with van der Waals surface area (Å²) in [5.41, 5.74) is 0. The Bertz CT molecular complexity index is 188. The monoisotopic (exact) mass is 217 g/mol. The van der Waals surface area contributed by atoms with Crippen LogP contribution in [0.15, 0.2) is 0 Å². The molecule has 0 aromatic heterocycles. The van der Waals surface area contributed by atoms with Crippen LogP contribution in [0.5, 0.6) is 0 Å². The molecule has 1 rings (SSSR count). The van der Waals surface area contributed by atoms with E-state index in [0.29, 0.717) is 11.3 Å². The van der Waals surface area contributed by atoms with Gasteiger partial charge in [-0.2, -0.15) is 0 Å². The first kappa shape index (κ1) is 12.2. The molecule has 0 saturated heterocycles. The SMILES string of the molecule is CNC(CS(=O)C(C)C)C1CCCC1. The summed E-state index contributed by atoms with van der Waals surface area (Å²) >= 11 is 0. The highest BCUT2D eigenvalue weighted by atomic mass is 32.2. The first-order valence-corrected chi connectivity index (χ1v) is 7.07. The fourth-order valence-electron chi connectivity index (χ4n) is 2.18. The van der Waals surface area contributed by atoms with Crippen LogP contribution < -0.4 is 5.32 Å². The minimum atomic E-state index is -0.660. The van der Waals surface area contributed by atoms with Crippen molar-refractivity contribution in [1.29, 1.82) is 0 Å². The second kappa shape index (κ2) is 5.86. The summed E-state index contributed by atoms with van der Waals surface area (Å²) in [6.45, 7) is 4.08. The molecule has 84 valence electrons. The molecule has 0 spiro atoms. The topological polar surface area (TPSA) is 29.1 Å². The van der Waals surface area contributed by atoms with Crippen molar-refractivity contribution in [3.8, 4) is 0 Å². The van der Waals surface area contributed by atoms with Gasteiger partial charge in [0.15, 0.2) is 0 Å². The van der Waals surface area contributed by atoms with Gasteiger partial charge in [-0.3, -0.25) is 4.21 Å². The maximum Gasteiger partial charge on any atom is 0.0394 e. The van der Waals surface area contributed by atoms with Crippen molar-refractivity contribution in [2.24, 2.45) is 5.92 Å². The largest absolute Gasteiger partial charge is 0.316 e. The Morgan fingerprint density at radius 2 is 1.93 bits per heavy atom. The molecule has 0 bridgehead atoms. The molecule has 0 amide bonds. The third-order valence-corrected chi connectivity index (χ3v) is 4.95. The van der Waals surface area contributed by atoms with Gasteiger partial charge in [0.05, 0.1) is 0 Å². The average Bonchev–Trinajstić information content (AvgIpc) is 2.66. The van der Waals surface area contributed by atoms with Crippen molar-refractivity contribution in [2.45, 2.75) is 50.8 Å². The maximum atomic E-state index is 11.7. The van der Waals surface area contributed by atoms with Crippen LogP contribution in [0.25, 0.3) is 0 Å². The number of hydrogen-bond donors (Lipinski definition) is 1. The Labute approximate surface area is 90.3 Å². The molecule has 0 aromatic rings. The summed E-state index contributed by atoms with van der Waals surface area (Å²) in [6, 6.07) is 0.473. The van der Waals surface area contributed by atoms with E-state index in [1.54, 1.807) is 0 Å². The van der Waals surface area contributed by atoms with E-state index in [1.807, 2.05) is 20.9 Å². The zero-order valence-corrected chi connectivity index (χ0v) is 10.4. The van der Waals surface area contributed by atoms with E-state index in [2.05, 4.69) is 5.32 Å². The second-order valence-electron chi connectivity index (χ2n) is 4.54. The van der Waals surface area contributed by atoms with Crippen molar-refractivity contribution >= 4 is 10.8 Å². The number of rotatable bonds is 5. The van der Waals surface area contributed by atoms with E-state index in [-0.39, 0.29) is 0 Å². The average molecular weight is 217 g/mol. The molecule has 0 radical (unpaired) electrons. The minimum Gasteiger partial charge on any atom is -0.316 e. The van der Waals surface area contributed by atoms with E-state index in [1.165, 1.54) is 25.7 Å². The lowest BCUT2D eigenvalue weighted by Gasteiger charge is -2.23. The van der Waals surface area contributed by atoms with Gasteiger partial charge in [-0.05, 0) is 25.8 Å². The molecule has 14 heavy (non-hydrogen) atoms. The Morgan fingerprint density at radius 1 is 1.36 bits per heavy atom. The summed E-state index contributed by atoms with van der Waals surface area (Å²) in [5.74, 6) is 1.60. The zero-order valence-electron chi connectivity index (χ0n) is 9.58. The fraction of sp³-hybridized carbons (Fsp3) is 1.00. The van der Waals surface area contributed by atoms with Gasteiger partial charge < -0.3 is 5.32 Å². The van der Waals surface area contributed by atoms with Crippen LogP contribution in [0, 0.1) is 5.92 Å². The van der Waals surface area contributed by atoms with Crippen LogP contribution >= 0.6 is 0 Å². The second-order valence-corrected chi connectivity index (χ2v) is 6.57. The van der Waals surface area contributed by atoms with Gasteiger partial charge in [-0.25, -0.2) is 0 Å². The molecular weight excluding hydrogens is 194 g/mol. The Kier molecular flexibility index (Phi) is 5.10. The van der Waals surface area contributed by atoms with Crippen LogP contribution in [-0.2, 0) is 10.8 Å². The molecule has 0 aromatic carbocycles. The third-order valence-electron chi connectivity index (χ3n) is 3.21. The van der Waals surface area contributed by atoms with Gasteiger partial charge in [0.2, 0.25) is 0 Å². The highest BCUT2D eigenvalue weighted by Crippen LogP contribution is 2.28. The van der Waals surface area contributed by atoms with Crippen LogP contribution in [0.3, 0.4) is 0 Å².